The molecular weight excluding hydrogens is 508 g/mol. The Hall–Kier alpha value is -4.29. The van der Waals surface area contributed by atoms with Crippen LogP contribution in [0.2, 0.25) is 0 Å². The number of aliphatic imine (C=N–C) groups is 1. The van der Waals surface area contributed by atoms with Gasteiger partial charge in [-0.2, -0.15) is 13.2 Å². The number of nitrogens with zero attached hydrogens (tertiary/aromatic N) is 2. The number of ether oxygens (including phenoxy) is 1. The third-order valence-corrected chi connectivity index (χ3v) is 5.75. The fourth-order valence-electron chi connectivity index (χ4n) is 3.86. The Morgan fingerprint density at radius 3 is 2.50 bits per heavy atom. The summed E-state index contributed by atoms with van der Waals surface area (Å²) in [5, 5.41) is 10.0. The first-order valence-corrected chi connectivity index (χ1v) is 11.9. The van der Waals surface area contributed by atoms with E-state index in [1.54, 1.807) is 35.2 Å². The largest absolute Gasteiger partial charge is 0.462 e. The van der Waals surface area contributed by atoms with E-state index in [0.717, 1.165) is 25.0 Å². The van der Waals surface area contributed by atoms with Gasteiger partial charge in [0.2, 0.25) is 12.1 Å². The van der Waals surface area contributed by atoms with Crippen molar-refractivity contribution in [3.8, 4) is 5.75 Å². The molecule has 1 saturated heterocycles. The van der Waals surface area contributed by atoms with Gasteiger partial charge in [0.1, 0.15) is 11.9 Å². The van der Waals surface area contributed by atoms with Gasteiger partial charge in [-0.15, -0.1) is 0 Å². The molecule has 4 rings (SSSR count). The minimum Gasteiger partial charge on any atom is -0.462 e. The van der Waals surface area contributed by atoms with Gasteiger partial charge >= 0.3 is 12.2 Å². The predicted octanol–water partition coefficient (Wildman–Crippen LogP) is 4.18. The summed E-state index contributed by atoms with van der Waals surface area (Å²) in [6.07, 6.45) is -2.09. The molecule has 3 amide bonds. The van der Waals surface area contributed by atoms with Crippen LogP contribution in [0.5, 0.6) is 5.75 Å². The Balaban J connectivity index is 1.37. The van der Waals surface area contributed by atoms with Crippen molar-refractivity contribution < 1.29 is 31.9 Å². The van der Waals surface area contributed by atoms with Crippen LogP contribution in [-0.2, 0) is 4.79 Å². The fourth-order valence-corrected chi connectivity index (χ4v) is 3.86. The van der Waals surface area contributed by atoms with E-state index < -0.39 is 36.6 Å². The van der Waals surface area contributed by atoms with Crippen molar-refractivity contribution in [3.63, 3.8) is 0 Å². The first kappa shape index (κ1) is 26.8. The van der Waals surface area contributed by atoms with Crippen molar-refractivity contribution in [2.75, 3.05) is 23.7 Å². The van der Waals surface area contributed by atoms with E-state index in [2.05, 4.69) is 26.3 Å². The molecule has 0 aliphatic carbocycles. The summed E-state index contributed by atoms with van der Waals surface area (Å²) in [5.41, 5.74) is 0.173. The van der Waals surface area contributed by atoms with Gasteiger partial charge in [0.25, 0.3) is 0 Å². The summed E-state index contributed by atoms with van der Waals surface area (Å²) in [6.45, 7) is 1.32. The first-order valence-electron chi connectivity index (χ1n) is 11.9. The maximum absolute atomic E-state index is 14.7. The first-order chi connectivity index (χ1) is 18.2. The molecule has 202 valence electrons. The van der Waals surface area contributed by atoms with Crippen LogP contribution in [0.4, 0.5) is 33.7 Å². The number of rotatable bonds is 8. The zero-order valence-electron chi connectivity index (χ0n) is 20.1. The number of nitrogens with one attached hydrogen (secondary N) is 4. The maximum Gasteiger partial charge on any atom is 0.409 e. The molecule has 0 saturated carbocycles. The van der Waals surface area contributed by atoms with Crippen molar-refractivity contribution in [2.24, 2.45) is 4.99 Å². The fraction of sp³-hybridized carbons (Fsp3) is 0.320. The second-order valence-electron chi connectivity index (χ2n) is 8.64. The van der Waals surface area contributed by atoms with Crippen molar-refractivity contribution in [1.82, 2.24) is 15.5 Å². The van der Waals surface area contributed by atoms with Gasteiger partial charge in [-0.25, -0.2) is 14.2 Å². The lowest BCUT2D eigenvalue weighted by molar-refractivity contribution is -0.148. The third-order valence-electron chi connectivity index (χ3n) is 5.75. The summed E-state index contributed by atoms with van der Waals surface area (Å²) in [6, 6.07) is 8.74. The molecule has 2 aliphatic heterocycles. The van der Waals surface area contributed by atoms with Crippen LogP contribution in [0.1, 0.15) is 19.3 Å². The average molecular weight is 535 g/mol. The van der Waals surface area contributed by atoms with E-state index in [9.17, 15) is 27.2 Å². The highest BCUT2D eigenvalue weighted by molar-refractivity contribution is 5.91. The zero-order chi connectivity index (χ0) is 27.1. The number of carbonyl (C=O) groups is 2. The Morgan fingerprint density at radius 2 is 1.82 bits per heavy atom. The minimum absolute atomic E-state index is 0.187. The van der Waals surface area contributed by atoms with Gasteiger partial charge in [-0.1, -0.05) is 18.2 Å². The second kappa shape index (κ2) is 11.8. The summed E-state index contributed by atoms with van der Waals surface area (Å²) in [4.78, 5) is 30.1. The Kier molecular flexibility index (Phi) is 8.34. The zero-order valence-corrected chi connectivity index (χ0v) is 20.1. The van der Waals surface area contributed by atoms with Crippen LogP contribution >= 0.6 is 0 Å². The van der Waals surface area contributed by atoms with E-state index in [0.29, 0.717) is 24.6 Å². The molecule has 4 N–H and O–H groups in total. The van der Waals surface area contributed by atoms with Crippen LogP contribution in [0.3, 0.4) is 0 Å². The molecule has 0 spiro atoms. The van der Waals surface area contributed by atoms with Crippen LogP contribution in [-0.4, -0.2) is 54.7 Å². The molecule has 2 aromatic carbocycles. The lowest BCUT2D eigenvalue weighted by Gasteiger charge is -2.23. The number of anilines is 2. The van der Waals surface area contributed by atoms with E-state index in [-0.39, 0.29) is 17.5 Å². The number of urea groups is 1. The monoisotopic (exact) mass is 534 g/mol. The second-order valence-corrected chi connectivity index (χ2v) is 8.64. The van der Waals surface area contributed by atoms with Crippen LogP contribution < -0.4 is 26.0 Å². The van der Waals surface area contributed by atoms with Gasteiger partial charge < -0.3 is 25.6 Å². The molecule has 2 aromatic rings. The smallest absolute Gasteiger partial charge is 0.409 e. The predicted molar refractivity (Wildman–Crippen MR) is 133 cm³/mol. The maximum atomic E-state index is 14.7. The number of amides is 3. The third kappa shape index (κ3) is 7.37. The molecule has 13 heteroatoms. The number of hydrogen-bond donors (Lipinski definition) is 4. The molecule has 2 unspecified atom stereocenters. The Bertz CT molecular complexity index is 1200. The number of para-hydroxylation sites is 1. The van der Waals surface area contributed by atoms with Gasteiger partial charge in [0.15, 0.2) is 11.6 Å². The lowest BCUT2D eigenvalue weighted by atomic mass is 10.1. The topological polar surface area (TPSA) is 107 Å². The lowest BCUT2D eigenvalue weighted by Crippen LogP contribution is -2.42. The Morgan fingerprint density at radius 1 is 1.08 bits per heavy atom. The van der Waals surface area contributed by atoms with Crippen LogP contribution in [0.25, 0.3) is 0 Å². The summed E-state index contributed by atoms with van der Waals surface area (Å²) < 4.78 is 61.0. The minimum atomic E-state index is -4.77. The molecule has 0 aromatic heterocycles. The van der Waals surface area contributed by atoms with E-state index in [1.165, 1.54) is 18.5 Å². The number of benzene rings is 2. The molecule has 2 aliphatic rings. The van der Waals surface area contributed by atoms with Crippen molar-refractivity contribution >= 4 is 29.7 Å². The highest BCUT2D eigenvalue weighted by Gasteiger charge is 2.41. The number of hydrogen-bond acceptors (Lipinski definition) is 6. The number of carbonyl (C=O) groups excluding carboxylic acids is 2. The molecule has 2 heterocycles. The normalized spacial score (nSPS) is 17.7. The molecule has 1 fully saturated rings. The summed E-state index contributed by atoms with van der Waals surface area (Å²) in [5.74, 6) is -1.74. The van der Waals surface area contributed by atoms with Crippen molar-refractivity contribution in [3.05, 3.63) is 66.2 Å². The molecule has 38 heavy (non-hydrogen) atoms. The highest BCUT2D eigenvalue weighted by Crippen LogP contribution is 2.29. The van der Waals surface area contributed by atoms with E-state index in [4.69, 9.17) is 4.74 Å². The molecule has 0 bridgehead atoms. The molecule has 0 radical (unpaired) electrons. The molecular formula is C25H26F4N6O3. The number of alkyl halides is 3. The van der Waals surface area contributed by atoms with Gasteiger partial charge in [0, 0.05) is 36.6 Å². The van der Waals surface area contributed by atoms with Crippen molar-refractivity contribution in [1.29, 1.82) is 0 Å². The van der Waals surface area contributed by atoms with Gasteiger partial charge in [-0.05, 0) is 37.1 Å². The summed E-state index contributed by atoms with van der Waals surface area (Å²) in [7, 11) is 0. The van der Waals surface area contributed by atoms with Gasteiger partial charge in [0.05, 0.1) is 12.8 Å². The Labute approximate surface area is 215 Å². The quantitative estimate of drug-likeness (QED) is 0.380. The number of likely N-dealkylation sites (tertiary alicyclic amines) is 1. The summed E-state index contributed by atoms with van der Waals surface area (Å²) >= 11 is 0. The van der Waals surface area contributed by atoms with Crippen LogP contribution in [0.15, 0.2) is 65.4 Å². The molecule has 9 nitrogen and oxygen atoms in total. The standard InChI is InChI=1S/C25H26F4N6O3/c26-18-12-17(32-20(25(27,28)29)13-22(36)33-16-6-2-1-3-7-16)8-9-19(18)38-23-14-21(30-15-31-23)34-24(37)35-10-4-5-11-35/h1-3,6-9,12,14-15,20,23,32H,4-5,10-11,13H2,(H,30,31)(H,33,36)(H,34,37). The van der Waals surface area contributed by atoms with Gasteiger partial charge in [-0.3, -0.25) is 10.1 Å². The van der Waals surface area contributed by atoms with Crippen LogP contribution in [0, 0.1) is 5.82 Å². The number of halogens is 4. The van der Waals surface area contributed by atoms with Crippen molar-refractivity contribution in [2.45, 2.75) is 37.7 Å². The average Bonchev–Trinajstić information content (AvgIpc) is 3.41. The highest BCUT2D eigenvalue weighted by atomic mass is 19.4. The van der Waals surface area contributed by atoms with E-state index >= 15 is 0 Å². The SMILES string of the molecule is O=C(CC(Nc1ccc(OC2C=C(NC(=O)N3CCCC3)NC=N2)c(F)c1)C(F)(F)F)Nc1ccccc1. The van der Waals surface area contributed by atoms with E-state index in [1.807, 2.05) is 0 Å². The molecule has 2 atom stereocenters.